The van der Waals surface area contributed by atoms with Crippen molar-refractivity contribution in [2.75, 3.05) is 6.54 Å². The van der Waals surface area contributed by atoms with Gasteiger partial charge in [-0.3, -0.25) is 0 Å². The number of carbonyl (C=O) groups excluding carboxylic acids is 1. The third-order valence-electron chi connectivity index (χ3n) is 3.47. The SMILES string of the molecule is CCCCCN[C@@H](C=O)Cc1c[nH]c2ccccc12. The predicted molar refractivity (Wildman–Crippen MR) is 79.4 cm³/mol. The van der Waals surface area contributed by atoms with E-state index in [0.717, 1.165) is 31.2 Å². The maximum atomic E-state index is 11.2. The summed E-state index contributed by atoms with van der Waals surface area (Å²) in [7, 11) is 0. The summed E-state index contributed by atoms with van der Waals surface area (Å²) in [5.41, 5.74) is 2.34. The van der Waals surface area contributed by atoms with Crippen molar-refractivity contribution >= 4 is 17.2 Å². The molecule has 0 aliphatic rings. The van der Waals surface area contributed by atoms with Gasteiger partial charge in [0.15, 0.2) is 0 Å². The first kappa shape index (κ1) is 13.8. The highest BCUT2D eigenvalue weighted by Gasteiger charge is 2.10. The van der Waals surface area contributed by atoms with Gasteiger partial charge < -0.3 is 15.1 Å². The predicted octanol–water partition coefficient (Wildman–Crippen LogP) is 3.06. The average molecular weight is 258 g/mol. The van der Waals surface area contributed by atoms with E-state index in [2.05, 4.69) is 29.4 Å². The van der Waals surface area contributed by atoms with Gasteiger partial charge in [-0.15, -0.1) is 0 Å². The number of carbonyl (C=O) groups is 1. The number of fused-ring (bicyclic) bond motifs is 1. The molecule has 102 valence electrons. The molecule has 2 aromatic rings. The second kappa shape index (κ2) is 7.10. The second-order valence-corrected chi connectivity index (χ2v) is 4.97. The molecule has 3 heteroatoms. The summed E-state index contributed by atoms with van der Waals surface area (Å²) in [6, 6.07) is 8.12. The van der Waals surface area contributed by atoms with Crippen molar-refractivity contribution in [2.45, 2.75) is 38.6 Å². The van der Waals surface area contributed by atoms with Crippen LogP contribution in [0.15, 0.2) is 30.5 Å². The van der Waals surface area contributed by atoms with Gasteiger partial charge in [-0.05, 0) is 31.0 Å². The molecule has 2 N–H and O–H groups in total. The number of aldehydes is 1. The molecule has 0 unspecified atom stereocenters. The number of aromatic amines is 1. The number of hydrogen-bond donors (Lipinski definition) is 2. The Morgan fingerprint density at radius 1 is 1.32 bits per heavy atom. The van der Waals surface area contributed by atoms with Crippen LogP contribution in [0.3, 0.4) is 0 Å². The van der Waals surface area contributed by atoms with E-state index < -0.39 is 0 Å². The largest absolute Gasteiger partial charge is 0.361 e. The molecule has 1 atom stereocenters. The number of hydrogen-bond acceptors (Lipinski definition) is 2. The minimum atomic E-state index is -0.0870. The van der Waals surface area contributed by atoms with Crippen LogP contribution in [0.2, 0.25) is 0 Å². The van der Waals surface area contributed by atoms with Crippen LogP contribution >= 0.6 is 0 Å². The van der Waals surface area contributed by atoms with Gasteiger partial charge in [0, 0.05) is 17.1 Å². The van der Waals surface area contributed by atoms with Crippen molar-refractivity contribution in [3.8, 4) is 0 Å². The number of nitrogens with one attached hydrogen (secondary N) is 2. The quantitative estimate of drug-likeness (QED) is 0.564. The Morgan fingerprint density at radius 2 is 2.16 bits per heavy atom. The Hall–Kier alpha value is -1.61. The summed E-state index contributed by atoms with van der Waals surface area (Å²) in [6.07, 6.45) is 7.33. The van der Waals surface area contributed by atoms with Gasteiger partial charge >= 0.3 is 0 Å². The number of para-hydroxylation sites is 1. The maximum Gasteiger partial charge on any atom is 0.137 e. The third kappa shape index (κ3) is 3.67. The number of benzene rings is 1. The lowest BCUT2D eigenvalue weighted by Gasteiger charge is -2.11. The summed E-state index contributed by atoms with van der Waals surface area (Å²) in [6.45, 7) is 3.10. The molecule has 0 saturated carbocycles. The van der Waals surface area contributed by atoms with Crippen LogP contribution in [0.1, 0.15) is 31.7 Å². The van der Waals surface area contributed by atoms with Gasteiger partial charge in [-0.2, -0.15) is 0 Å². The van der Waals surface area contributed by atoms with Crippen LogP contribution in [0.5, 0.6) is 0 Å². The van der Waals surface area contributed by atoms with Crippen molar-refractivity contribution < 1.29 is 4.79 Å². The molecule has 0 amide bonds. The molecule has 0 saturated heterocycles. The normalized spacial score (nSPS) is 12.7. The smallest absolute Gasteiger partial charge is 0.137 e. The number of H-pyrrole nitrogens is 1. The minimum absolute atomic E-state index is 0.0870. The van der Waals surface area contributed by atoms with Crippen molar-refractivity contribution in [1.29, 1.82) is 0 Å². The zero-order valence-electron chi connectivity index (χ0n) is 11.5. The van der Waals surface area contributed by atoms with E-state index in [1.165, 1.54) is 23.8 Å². The number of rotatable bonds is 8. The van der Waals surface area contributed by atoms with Gasteiger partial charge in [0.05, 0.1) is 6.04 Å². The molecule has 1 heterocycles. The molecule has 1 aromatic carbocycles. The van der Waals surface area contributed by atoms with Crippen molar-refractivity contribution in [2.24, 2.45) is 0 Å². The highest BCUT2D eigenvalue weighted by atomic mass is 16.1. The average Bonchev–Trinajstić information content (AvgIpc) is 2.85. The van der Waals surface area contributed by atoms with Crippen LogP contribution in [-0.2, 0) is 11.2 Å². The lowest BCUT2D eigenvalue weighted by Crippen LogP contribution is -2.33. The second-order valence-electron chi connectivity index (χ2n) is 4.97. The minimum Gasteiger partial charge on any atom is -0.361 e. The van der Waals surface area contributed by atoms with Crippen molar-refractivity contribution in [3.05, 3.63) is 36.0 Å². The lowest BCUT2D eigenvalue weighted by molar-refractivity contribution is -0.109. The van der Waals surface area contributed by atoms with Gasteiger partial charge in [-0.25, -0.2) is 0 Å². The third-order valence-corrected chi connectivity index (χ3v) is 3.47. The van der Waals surface area contributed by atoms with Crippen LogP contribution < -0.4 is 5.32 Å². The zero-order chi connectivity index (χ0) is 13.5. The topological polar surface area (TPSA) is 44.9 Å². The van der Waals surface area contributed by atoms with E-state index in [1.54, 1.807) is 0 Å². The molecule has 0 radical (unpaired) electrons. The lowest BCUT2D eigenvalue weighted by atomic mass is 10.1. The standard InChI is InChI=1S/C16H22N2O/c1-2-3-6-9-17-14(12-19)10-13-11-18-16-8-5-4-7-15(13)16/h4-5,7-8,11-12,14,17-18H,2-3,6,9-10H2,1H3/t14-/m1/s1. The fraction of sp³-hybridized carbons (Fsp3) is 0.438. The van der Waals surface area contributed by atoms with E-state index in [0.29, 0.717) is 0 Å². The fourth-order valence-electron chi connectivity index (χ4n) is 2.37. The Bertz CT molecular complexity index is 518. The van der Waals surface area contributed by atoms with Gasteiger partial charge in [-0.1, -0.05) is 38.0 Å². The first-order chi connectivity index (χ1) is 9.35. The van der Waals surface area contributed by atoms with Crippen LogP contribution in [0.4, 0.5) is 0 Å². The molecule has 2 rings (SSSR count). The Labute approximate surface area is 114 Å². The van der Waals surface area contributed by atoms with Crippen molar-refractivity contribution in [1.82, 2.24) is 10.3 Å². The molecule has 1 aromatic heterocycles. The van der Waals surface area contributed by atoms with Crippen LogP contribution in [0, 0.1) is 0 Å². The first-order valence-electron chi connectivity index (χ1n) is 7.08. The molecule has 0 spiro atoms. The summed E-state index contributed by atoms with van der Waals surface area (Å²) < 4.78 is 0. The highest BCUT2D eigenvalue weighted by Crippen LogP contribution is 2.18. The molecule has 19 heavy (non-hydrogen) atoms. The molecule has 0 aliphatic carbocycles. The van der Waals surface area contributed by atoms with Gasteiger partial charge in [0.25, 0.3) is 0 Å². The van der Waals surface area contributed by atoms with Crippen LogP contribution in [-0.4, -0.2) is 23.9 Å². The molecule has 0 fully saturated rings. The number of aromatic nitrogens is 1. The molecular weight excluding hydrogens is 236 g/mol. The van der Waals surface area contributed by atoms with Gasteiger partial charge in [0.2, 0.25) is 0 Å². The summed E-state index contributed by atoms with van der Waals surface area (Å²) >= 11 is 0. The van der Waals surface area contributed by atoms with E-state index in [1.807, 2.05) is 18.3 Å². The Kier molecular flexibility index (Phi) is 5.16. The highest BCUT2D eigenvalue weighted by molar-refractivity contribution is 5.83. The number of unbranched alkanes of at least 4 members (excludes halogenated alkanes) is 2. The maximum absolute atomic E-state index is 11.2. The Morgan fingerprint density at radius 3 is 2.95 bits per heavy atom. The van der Waals surface area contributed by atoms with E-state index >= 15 is 0 Å². The molecular formula is C16H22N2O. The zero-order valence-corrected chi connectivity index (χ0v) is 11.5. The summed E-state index contributed by atoms with van der Waals surface area (Å²) in [5.74, 6) is 0. The van der Waals surface area contributed by atoms with E-state index in [-0.39, 0.29) is 6.04 Å². The molecule has 0 aliphatic heterocycles. The summed E-state index contributed by atoms with van der Waals surface area (Å²) in [4.78, 5) is 14.4. The molecule has 3 nitrogen and oxygen atoms in total. The fourth-order valence-corrected chi connectivity index (χ4v) is 2.37. The Balaban J connectivity index is 1.96. The summed E-state index contributed by atoms with van der Waals surface area (Å²) in [5, 5.41) is 4.54. The monoisotopic (exact) mass is 258 g/mol. The first-order valence-corrected chi connectivity index (χ1v) is 7.08. The molecule has 0 bridgehead atoms. The van der Waals surface area contributed by atoms with E-state index in [9.17, 15) is 4.79 Å². The van der Waals surface area contributed by atoms with Crippen molar-refractivity contribution in [3.63, 3.8) is 0 Å². The van der Waals surface area contributed by atoms with Crippen LogP contribution in [0.25, 0.3) is 10.9 Å². The van der Waals surface area contributed by atoms with Gasteiger partial charge in [0.1, 0.15) is 6.29 Å². The van der Waals surface area contributed by atoms with E-state index in [4.69, 9.17) is 0 Å².